The summed E-state index contributed by atoms with van der Waals surface area (Å²) in [6.45, 7) is 5.74. The summed E-state index contributed by atoms with van der Waals surface area (Å²) >= 11 is 6.11. The first kappa shape index (κ1) is 15.0. The second-order valence-electron chi connectivity index (χ2n) is 4.91. The lowest BCUT2D eigenvalue weighted by atomic mass is 9.94. The highest BCUT2D eigenvalue weighted by atomic mass is 35.5. The SMILES string of the molecule is Cc1cc(Cl)c(C(O)CC(C)CC(=O)O)cc1C. The van der Waals surface area contributed by atoms with E-state index in [2.05, 4.69) is 0 Å². The molecule has 2 atom stereocenters. The number of carboxylic acid groups (broad SMARTS) is 1. The second-order valence-corrected chi connectivity index (χ2v) is 5.32. The second kappa shape index (κ2) is 6.21. The number of rotatable bonds is 5. The summed E-state index contributed by atoms with van der Waals surface area (Å²) in [5, 5.41) is 19.4. The average Bonchev–Trinajstić information content (AvgIpc) is 2.21. The van der Waals surface area contributed by atoms with Crippen molar-refractivity contribution < 1.29 is 15.0 Å². The third kappa shape index (κ3) is 4.00. The number of aryl methyl sites for hydroxylation is 2. The van der Waals surface area contributed by atoms with Crippen LogP contribution in [-0.4, -0.2) is 16.2 Å². The number of benzene rings is 1. The molecule has 18 heavy (non-hydrogen) atoms. The maximum Gasteiger partial charge on any atom is 0.303 e. The Hall–Kier alpha value is -1.06. The van der Waals surface area contributed by atoms with Gasteiger partial charge in [0.1, 0.15) is 0 Å². The highest BCUT2D eigenvalue weighted by Crippen LogP contribution is 2.30. The zero-order chi connectivity index (χ0) is 13.9. The van der Waals surface area contributed by atoms with Crippen LogP contribution >= 0.6 is 11.6 Å². The summed E-state index contributed by atoms with van der Waals surface area (Å²) in [5.41, 5.74) is 2.82. The molecule has 0 aliphatic heterocycles. The normalized spacial score (nSPS) is 14.3. The van der Waals surface area contributed by atoms with E-state index < -0.39 is 12.1 Å². The molecule has 0 spiro atoms. The van der Waals surface area contributed by atoms with E-state index in [0.717, 1.165) is 11.1 Å². The molecule has 2 unspecified atom stereocenters. The minimum absolute atomic E-state index is 0.0551. The van der Waals surface area contributed by atoms with Crippen molar-refractivity contribution in [2.75, 3.05) is 0 Å². The van der Waals surface area contributed by atoms with Gasteiger partial charge in [0.05, 0.1) is 6.10 Å². The molecule has 1 rings (SSSR count). The van der Waals surface area contributed by atoms with E-state index in [1.54, 1.807) is 0 Å². The first-order valence-corrected chi connectivity index (χ1v) is 6.35. The zero-order valence-electron chi connectivity index (χ0n) is 10.9. The van der Waals surface area contributed by atoms with E-state index >= 15 is 0 Å². The number of carboxylic acids is 1. The van der Waals surface area contributed by atoms with Gasteiger partial charge >= 0.3 is 5.97 Å². The maximum absolute atomic E-state index is 10.6. The Labute approximate surface area is 112 Å². The predicted octanol–water partition coefficient (Wildman–Crippen LogP) is 3.49. The molecule has 1 aromatic carbocycles. The first-order valence-electron chi connectivity index (χ1n) is 5.97. The van der Waals surface area contributed by atoms with Crippen LogP contribution in [0.2, 0.25) is 5.02 Å². The molecule has 0 fully saturated rings. The largest absolute Gasteiger partial charge is 0.481 e. The number of hydrogen-bond acceptors (Lipinski definition) is 2. The molecule has 0 heterocycles. The van der Waals surface area contributed by atoms with Crippen LogP contribution in [0.3, 0.4) is 0 Å². The van der Waals surface area contributed by atoms with Gasteiger partial charge in [0.2, 0.25) is 0 Å². The Bertz CT molecular complexity index is 443. The van der Waals surface area contributed by atoms with Gasteiger partial charge in [-0.2, -0.15) is 0 Å². The molecule has 0 aromatic heterocycles. The van der Waals surface area contributed by atoms with Crippen LogP contribution in [-0.2, 0) is 4.79 Å². The van der Waals surface area contributed by atoms with Crippen molar-refractivity contribution >= 4 is 17.6 Å². The Morgan fingerprint density at radius 1 is 1.33 bits per heavy atom. The van der Waals surface area contributed by atoms with Crippen molar-refractivity contribution in [1.82, 2.24) is 0 Å². The molecule has 0 saturated heterocycles. The van der Waals surface area contributed by atoms with Gasteiger partial charge in [0.15, 0.2) is 0 Å². The molecule has 1 aromatic rings. The summed E-state index contributed by atoms with van der Waals surface area (Å²) in [7, 11) is 0. The van der Waals surface area contributed by atoms with E-state index in [4.69, 9.17) is 16.7 Å². The standard InChI is InChI=1S/C14H19ClO3/c1-8(5-14(17)18)4-13(16)11-6-9(2)10(3)7-12(11)15/h6-8,13,16H,4-5H2,1-3H3,(H,17,18). The van der Waals surface area contributed by atoms with E-state index in [9.17, 15) is 9.90 Å². The fourth-order valence-corrected chi connectivity index (χ4v) is 2.29. The van der Waals surface area contributed by atoms with E-state index in [0.29, 0.717) is 17.0 Å². The van der Waals surface area contributed by atoms with Crippen molar-refractivity contribution in [3.63, 3.8) is 0 Å². The first-order chi connectivity index (χ1) is 8.31. The van der Waals surface area contributed by atoms with Gasteiger partial charge in [-0.15, -0.1) is 0 Å². The Kier molecular flexibility index (Phi) is 5.17. The average molecular weight is 271 g/mol. The van der Waals surface area contributed by atoms with E-state index in [-0.39, 0.29) is 12.3 Å². The smallest absolute Gasteiger partial charge is 0.303 e. The molecule has 0 bridgehead atoms. The lowest BCUT2D eigenvalue weighted by Crippen LogP contribution is -2.10. The van der Waals surface area contributed by atoms with Crippen molar-refractivity contribution in [3.05, 3.63) is 33.8 Å². The molecule has 0 aliphatic carbocycles. The summed E-state index contributed by atoms with van der Waals surface area (Å²) in [4.78, 5) is 10.6. The maximum atomic E-state index is 10.6. The molecular formula is C14H19ClO3. The molecule has 0 aliphatic rings. The van der Waals surface area contributed by atoms with Crippen LogP contribution in [0.5, 0.6) is 0 Å². The monoisotopic (exact) mass is 270 g/mol. The summed E-state index contributed by atoms with van der Waals surface area (Å²) < 4.78 is 0. The molecule has 4 heteroatoms. The summed E-state index contributed by atoms with van der Waals surface area (Å²) in [5.74, 6) is -0.934. The molecular weight excluding hydrogens is 252 g/mol. The van der Waals surface area contributed by atoms with Crippen LogP contribution < -0.4 is 0 Å². The number of aliphatic hydroxyl groups is 1. The predicted molar refractivity (Wildman–Crippen MR) is 71.9 cm³/mol. The van der Waals surface area contributed by atoms with Gasteiger partial charge in [0.25, 0.3) is 0 Å². The van der Waals surface area contributed by atoms with Crippen molar-refractivity contribution in [3.8, 4) is 0 Å². The summed E-state index contributed by atoms with van der Waals surface area (Å²) in [6, 6.07) is 3.70. The lowest BCUT2D eigenvalue weighted by molar-refractivity contribution is -0.138. The minimum Gasteiger partial charge on any atom is -0.481 e. The lowest BCUT2D eigenvalue weighted by Gasteiger charge is -2.17. The number of hydrogen-bond donors (Lipinski definition) is 2. The number of aliphatic carboxylic acids is 1. The van der Waals surface area contributed by atoms with Gasteiger partial charge < -0.3 is 10.2 Å². The quantitative estimate of drug-likeness (QED) is 0.861. The Morgan fingerprint density at radius 2 is 1.89 bits per heavy atom. The van der Waals surface area contributed by atoms with Gasteiger partial charge in [-0.3, -0.25) is 4.79 Å². The third-order valence-corrected chi connectivity index (χ3v) is 3.45. The highest BCUT2D eigenvalue weighted by molar-refractivity contribution is 6.31. The van der Waals surface area contributed by atoms with Crippen molar-refractivity contribution in [2.24, 2.45) is 5.92 Å². The van der Waals surface area contributed by atoms with Crippen LogP contribution in [0, 0.1) is 19.8 Å². The number of halogens is 1. The fourth-order valence-electron chi connectivity index (χ4n) is 1.95. The third-order valence-electron chi connectivity index (χ3n) is 3.12. The van der Waals surface area contributed by atoms with Crippen LogP contribution in [0.25, 0.3) is 0 Å². The van der Waals surface area contributed by atoms with Crippen molar-refractivity contribution in [2.45, 2.75) is 39.7 Å². The molecule has 0 radical (unpaired) electrons. The summed E-state index contributed by atoms with van der Waals surface area (Å²) in [6.07, 6.45) is -0.264. The fraction of sp³-hybridized carbons (Fsp3) is 0.500. The van der Waals surface area contributed by atoms with Gasteiger partial charge in [0, 0.05) is 11.4 Å². The van der Waals surface area contributed by atoms with E-state index in [1.807, 2.05) is 32.9 Å². The molecule has 0 saturated carbocycles. The molecule has 2 N–H and O–H groups in total. The van der Waals surface area contributed by atoms with Gasteiger partial charge in [-0.25, -0.2) is 0 Å². The van der Waals surface area contributed by atoms with Crippen LogP contribution in [0.4, 0.5) is 0 Å². The Morgan fingerprint density at radius 3 is 2.44 bits per heavy atom. The molecule has 100 valence electrons. The van der Waals surface area contributed by atoms with Gasteiger partial charge in [-0.1, -0.05) is 24.6 Å². The van der Waals surface area contributed by atoms with Crippen LogP contribution in [0.1, 0.15) is 42.6 Å². The van der Waals surface area contributed by atoms with Crippen molar-refractivity contribution in [1.29, 1.82) is 0 Å². The number of carbonyl (C=O) groups is 1. The highest BCUT2D eigenvalue weighted by Gasteiger charge is 2.17. The van der Waals surface area contributed by atoms with Gasteiger partial charge in [-0.05, 0) is 48.9 Å². The van der Waals surface area contributed by atoms with E-state index in [1.165, 1.54) is 0 Å². The number of aliphatic hydroxyl groups excluding tert-OH is 1. The minimum atomic E-state index is -0.846. The van der Waals surface area contributed by atoms with Crippen LogP contribution in [0.15, 0.2) is 12.1 Å². The zero-order valence-corrected chi connectivity index (χ0v) is 11.7. The topological polar surface area (TPSA) is 57.5 Å². The molecule has 0 amide bonds. The Balaban J connectivity index is 2.81. The molecule has 3 nitrogen and oxygen atoms in total.